The number of nitrogens with zero attached hydrogens (tertiary/aromatic N) is 2. The molecule has 0 bridgehead atoms. The number of carbonyl (C=O) groups excluding carboxylic acids is 1. The number of anilines is 1. The molecule has 0 radical (unpaired) electrons. The van der Waals surface area contributed by atoms with Gasteiger partial charge in [-0.05, 0) is 31.9 Å². The van der Waals surface area contributed by atoms with Crippen LogP contribution < -0.4 is 15.4 Å². The van der Waals surface area contributed by atoms with E-state index in [2.05, 4.69) is 22.5 Å². The van der Waals surface area contributed by atoms with Gasteiger partial charge >= 0.3 is 6.03 Å². The second-order valence-corrected chi connectivity index (χ2v) is 5.40. The van der Waals surface area contributed by atoms with Crippen molar-refractivity contribution in [1.82, 2.24) is 14.9 Å². The van der Waals surface area contributed by atoms with Crippen LogP contribution >= 0.6 is 0 Å². The lowest BCUT2D eigenvalue weighted by molar-refractivity contribution is 0.217. The second kappa shape index (κ2) is 8.82. The Balaban J connectivity index is 1.73. The highest BCUT2D eigenvalue weighted by molar-refractivity contribution is 5.89. The zero-order chi connectivity index (χ0) is 16.5. The average molecular weight is 316 g/mol. The maximum absolute atomic E-state index is 11.9. The zero-order valence-corrected chi connectivity index (χ0v) is 13.7. The number of hydrogen-bond donors (Lipinski definition) is 2. The molecule has 1 atom stereocenters. The van der Waals surface area contributed by atoms with Crippen LogP contribution in [-0.4, -0.2) is 28.2 Å². The first-order chi connectivity index (χ1) is 11.2. The first-order valence-electron chi connectivity index (χ1n) is 7.94. The SMILES string of the molecule is CCC(C)Oc1cccc(NC(=O)NCCCn2ccnc2)c1. The number of ether oxygens (including phenoxy) is 1. The van der Waals surface area contributed by atoms with Crippen LogP contribution in [-0.2, 0) is 6.54 Å². The van der Waals surface area contributed by atoms with E-state index in [0.29, 0.717) is 6.54 Å². The predicted octanol–water partition coefficient (Wildman–Crippen LogP) is 3.27. The lowest BCUT2D eigenvalue weighted by Gasteiger charge is -2.14. The summed E-state index contributed by atoms with van der Waals surface area (Å²) in [5.74, 6) is 0.761. The molecule has 0 aliphatic rings. The number of amides is 2. The van der Waals surface area contributed by atoms with Gasteiger partial charge in [0.2, 0.25) is 0 Å². The molecule has 0 spiro atoms. The fraction of sp³-hybridized carbons (Fsp3) is 0.412. The van der Waals surface area contributed by atoms with E-state index in [4.69, 9.17) is 4.74 Å². The quantitative estimate of drug-likeness (QED) is 0.734. The number of hydrogen-bond acceptors (Lipinski definition) is 3. The summed E-state index contributed by atoms with van der Waals surface area (Å²) in [7, 11) is 0. The Morgan fingerprint density at radius 1 is 1.43 bits per heavy atom. The number of rotatable bonds is 8. The van der Waals surface area contributed by atoms with Crippen molar-refractivity contribution in [2.45, 2.75) is 39.3 Å². The van der Waals surface area contributed by atoms with E-state index in [9.17, 15) is 4.79 Å². The summed E-state index contributed by atoms with van der Waals surface area (Å²) in [5.41, 5.74) is 0.720. The van der Waals surface area contributed by atoms with Crippen molar-refractivity contribution in [3.05, 3.63) is 43.0 Å². The topological polar surface area (TPSA) is 68.2 Å². The molecule has 1 aromatic heterocycles. The average Bonchev–Trinajstić information content (AvgIpc) is 3.05. The number of aryl methyl sites for hydroxylation is 1. The first kappa shape index (κ1) is 16.9. The molecule has 6 nitrogen and oxygen atoms in total. The van der Waals surface area contributed by atoms with E-state index in [1.54, 1.807) is 12.5 Å². The van der Waals surface area contributed by atoms with Crippen LogP contribution in [0.5, 0.6) is 5.75 Å². The maximum Gasteiger partial charge on any atom is 0.319 e. The van der Waals surface area contributed by atoms with Crippen LogP contribution in [0.2, 0.25) is 0 Å². The number of aromatic nitrogens is 2. The van der Waals surface area contributed by atoms with Crippen molar-refractivity contribution >= 4 is 11.7 Å². The molecule has 0 aliphatic heterocycles. The molecular weight excluding hydrogens is 292 g/mol. The Hall–Kier alpha value is -2.50. The van der Waals surface area contributed by atoms with Gasteiger partial charge in [-0.3, -0.25) is 0 Å². The van der Waals surface area contributed by atoms with Crippen LogP contribution in [0.1, 0.15) is 26.7 Å². The Kier molecular flexibility index (Phi) is 6.47. The smallest absolute Gasteiger partial charge is 0.319 e. The third-order valence-corrected chi connectivity index (χ3v) is 3.44. The molecule has 0 aliphatic carbocycles. The van der Waals surface area contributed by atoms with Crippen molar-refractivity contribution in [3.8, 4) is 5.75 Å². The third kappa shape index (κ3) is 6.02. The summed E-state index contributed by atoms with van der Waals surface area (Å²) in [5, 5.41) is 5.66. The summed E-state index contributed by atoms with van der Waals surface area (Å²) >= 11 is 0. The van der Waals surface area contributed by atoms with E-state index in [1.165, 1.54) is 0 Å². The molecule has 1 heterocycles. The van der Waals surface area contributed by atoms with E-state index in [0.717, 1.165) is 30.8 Å². The first-order valence-corrected chi connectivity index (χ1v) is 7.94. The lowest BCUT2D eigenvalue weighted by atomic mass is 10.3. The molecule has 23 heavy (non-hydrogen) atoms. The molecule has 0 fully saturated rings. The minimum absolute atomic E-state index is 0.155. The van der Waals surface area contributed by atoms with Gasteiger partial charge in [0.15, 0.2) is 0 Å². The summed E-state index contributed by atoms with van der Waals surface area (Å²) in [6.07, 6.45) is 7.36. The van der Waals surface area contributed by atoms with Crippen LogP contribution in [0, 0.1) is 0 Å². The largest absolute Gasteiger partial charge is 0.491 e. The molecule has 2 rings (SSSR count). The van der Waals surface area contributed by atoms with Gasteiger partial charge in [0.25, 0.3) is 0 Å². The van der Waals surface area contributed by atoms with Crippen LogP contribution in [0.3, 0.4) is 0 Å². The molecule has 2 N–H and O–H groups in total. The summed E-state index contributed by atoms with van der Waals surface area (Å²) < 4.78 is 7.73. The molecule has 0 saturated carbocycles. The van der Waals surface area contributed by atoms with Crippen LogP contribution in [0.25, 0.3) is 0 Å². The van der Waals surface area contributed by atoms with Gasteiger partial charge in [0.05, 0.1) is 12.4 Å². The van der Waals surface area contributed by atoms with Gasteiger partial charge < -0.3 is 19.9 Å². The maximum atomic E-state index is 11.9. The van der Waals surface area contributed by atoms with E-state index in [1.807, 2.05) is 42.0 Å². The fourth-order valence-electron chi connectivity index (χ4n) is 2.02. The number of carbonyl (C=O) groups is 1. The molecule has 6 heteroatoms. The Labute approximate surface area is 136 Å². The molecule has 1 aromatic carbocycles. The molecule has 0 saturated heterocycles. The molecule has 2 aromatic rings. The molecule has 124 valence electrons. The number of imidazole rings is 1. The van der Waals surface area contributed by atoms with Crippen molar-refractivity contribution in [2.75, 3.05) is 11.9 Å². The zero-order valence-electron chi connectivity index (χ0n) is 13.7. The summed E-state index contributed by atoms with van der Waals surface area (Å²) in [6, 6.07) is 7.22. The van der Waals surface area contributed by atoms with E-state index >= 15 is 0 Å². The monoisotopic (exact) mass is 316 g/mol. The molecule has 2 amide bonds. The van der Waals surface area contributed by atoms with Crippen molar-refractivity contribution in [1.29, 1.82) is 0 Å². The Morgan fingerprint density at radius 3 is 3.04 bits per heavy atom. The molecular formula is C17H24N4O2. The summed E-state index contributed by atoms with van der Waals surface area (Å²) in [6.45, 7) is 5.53. The normalized spacial score (nSPS) is 11.7. The Bertz CT molecular complexity index is 598. The van der Waals surface area contributed by atoms with Gasteiger partial charge in [-0.1, -0.05) is 13.0 Å². The van der Waals surface area contributed by atoms with Crippen molar-refractivity contribution in [3.63, 3.8) is 0 Å². The minimum atomic E-state index is -0.212. The summed E-state index contributed by atoms with van der Waals surface area (Å²) in [4.78, 5) is 15.9. The van der Waals surface area contributed by atoms with Gasteiger partial charge in [-0.2, -0.15) is 0 Å². The van der Waals surface area contributed by atoms with Gasteiger partial charge in [-0.15, -0.1) is 0 Å². The highest BCUT2D eigenvalue weighted by atomic mass is 16.5. The third-order valence-electron chi connectivity index (χ3n) is 3.44. The highest BCUT2D eigenvalue weighted by Crippen LogP contribution is 2.19. The highest BCUT2D eigenvalue weighted by Gasteiger charge is 2.04. The minimum Gasteiger partial charge on any atom is -0.491 e. The second-order valence-electron chi connectivity index (χ2n) is 5.40. The van der Waals surface area contributed by atoms with Crippen LogP contribution in [0.4, 0.5) is 10.5 Å². The van der Waals surface area contributed by atoms with Crippen molar-refractivity contribution in [2.24, 2.45) is 0 Å². The standard InChI is InChI=1S/C17H24N4O2/c1-3-14(2)23-16-7-4-6-15(12-16)20-17(22)19-8-5-10-21-11-9-18-13-21/h4,6-7,9,11-14H,3,5,8,10H2,1-2H3,(H2,19,20,22). The van der Waals surface area contributed by atoms with E-state index < -0.39 is 0 Å². The number of urea groups is 1. The lowest BCUT2D eigenvalue weighted by Crippen LogP contribution is -2.30. The predicted molar refractivity (Wildman–Crippen MR) is 90.7 cm³/mol. The number of nitrogens with one attached hydrogen (secondary N) is 2. The fourth-order valence-corrected chi connectivity index (χ4v) is 2.02. The van der Waals surface area contributed by atoms with Gasteiger partial charge in [0, 0.05) is 37.2 Å². The molecule has 1 unspecified atom stereocenters. The van der Waals surface area contributed by atoms with Crippen LogP contribution in [0.15, 0.2) is 43.0 Å². The van der Waals surface area contributed by atoms with E-state index in [-0.39, 0.29) is 12.1 Å². The van der Waals surface area contributed by atoms with Crippen molar-refractivity contribution < 1.29 is 9.53 Å². The number of benzene rings is 1. The van der Waals surface area contributed by atoms with Gasteiger partial charge in [0.1, 0.15) is 5.75 Å². The van der Waals surface area contributed by atoms with Gasteiger partial charge in [-0.25, -0.2) is 9.78 Å². The Morgan fingerprint density at radius 2 is 2.30 bits per heavy atom.